The van der Waals surface area contributed by atoms with Crippen LogP contribution in [-0.4, -0.2) is 78.0 Å². The molecule has 13 nitrogen and oxygen atoms in total. The number of nitrogens with two attached hydrogens (primary N) is 1. The van der Waals surface area contributed by atoms with Crippen molar-refractivity contribution >= 4 is 46.9 Å². The fraction of sp³-hybridized carbons (Fsp3) is 0.241. The summed E-state index contributed by atoms with van der Waals surface area (Å²) in [5.41, 5.74) is 5.72. The lowest BCUT2D eigenvalue weighted by atomic mass is 10.1. The fourth-order valence-corrected chi connectivity index (χ4v) is 4.46. The van der Waals surface area contributed by atoms with Crippen LogP contribution in [-0.2, 0) is 16.1 Å². The van der Waals surface area contributed by atoms with E-state index in [0.29, 0.717) is 18.7 Å². The highest BCUT2D eigenvalue weighted by molar-refractivity contribution is 6.40. The number of aromatic hydroxyl groups is 2. The van der Waals surface area contributed by atoms with Crippen LogP contribution in [0.5, 0.6) is 17.2 Å². The van der Waals surface area contributed by atoms with Crippen LogP contribution < -0.4 is 26.4 Å². The van der Waals surface area contributed by atoms with E-state index in [0.717, 1.165) is 6.07 Å². The average Bonchev–Trinajstić information content (AvgIpc) is 2.97. The Bertz CT molecular complexity index is 1500. The summed E-state index contributed by atoms with van der Waals surface area (Å²) in [7, 11) is 0. The molecule has 3 amide bonds. The van der Waals surface area contributed by atoms with Gasteiger partial charge in [-0.15, -0.1) is 0 Å². The molecule has 3 rings (SSSR count). The number of aliphatic carboxylic acids is 1. The first-order valence-corrected chi connectivity index (χ1v) is 13.9. The Labute approximate surface area is 261 Å². The molecule has 0 spiro atoms. The van der Waals surface area contributed by atoms with Crippen LogP contribution in [0.3, 0.4) is 0 Å². The molecule has 0 saturated heterocycles. The molecule has 15 heteroatoms. The molecule has 234 valence electrons. The minimum Gasteiger partial charge on any atom is -0.508 e. The van der Waals surface area contributed by atoms with Crippen LogP contribution in [0, 0.1) is 0 Å². The molecular weight excluding hydrogens is 619 g/mol. The van der Waals surface area contributed by atoms with Crippen LogP contribution in [0.25, 0.3) is 0 Å². The lowest BCUT2D eigenvalue weighted by molar-refractivity contribution is -0.139. The van der Waals surface area contributed by atoms with Crippen molar-refractivity contribution in [1.82, 2.24) is 16.0 Å². The monoisotopic (exact) mass is 648 g/mol. The molecule has 0 aliphatic heterocycles. The highest BCUT2D eigenvalue weighted by Gasteiger charge is 2.25. The predicted molar refractivity (Wildman–Crippen MR) is 160 cm³/mol. The smallest absolute Gasteiger partial charge is 0.328 e. The number of amides is 3. The Morgan fingerprint density at radius 3 is 2.16 bits per heavy atom. The molecule has 3 aromatic rings. The molecule has 0 bridgehead atoms. The Morgan fingerprint density at radius 2 is 1.50 bits per heavy atom. The number of hydrogen-bond donors (Lipinski definition) is 7. The number of benzene rings is 3. The third-order valence-corrected chi connectivity index (χ3v) is 6.47. The van der Waals surface area contributed by atoms with Crippen molar-refractivity contribution in [1.29, 1.82) is 0 Å². The van der Waals surface area contributed by atoms with Gasteiger partial charge < -0.3 is 46.5 Å². The molecule has 0 aromatic heterocycles. The van der Waals surface area contributed by atoms with E-state index in [4.69, 9.17) is 38.4 Å². The number of carboxylic acid groups (broad SMARTS) is 1. The summed E-state index contributed by atoms with van der Waals surface area (Å²) in [6.07, 6.45) is 0. The Kier molecular flexibility index (Phi) is 12.6. The summed E-state index contributed by atoms with van der Waals surface area (Å²) >= 11 is 12.5. The maximum atomic E-state index is 12.9. The van der Waals surface area contributed by atoms with Crippen LogP contribution in [0.1, 0.15) is 36.6 Å². The number of phenolic OH excluding ortho intramolecular Hbond substituents is 2. The van der Waals surface area contributed by atoms with Gasteiger partial charge in [0.05, 0.1) is 28.8 Å². The molecule has 0 fully saturated rings. The molecule has 3 aromatic carbocycles. The highest BCUT2D eigenvalue weighted by atomic mass is 35.5. The van der Waals surface area contributed by atoms with Crippen molar-refractivity contribution < 1.29 is 44.0 Å². The topological polar surface area (TPSA) is 210 Å². The van der Waals surface area contributed by atoms with Gasteiger partial charge in [0.25, 0.3) is 17.7 Å². The molecule has 0 aliphatic carbocycles. The van der Waals surface area contributed by atoms with Crippen LogP contribution in [0.4, 0.5) is 0 Å². The van der Waals surface area contributed by atoms with Crippen LogP contribution in [0.15, 0.2) is 54.6 Å². The summed E-state index contributed by atoms with van der Waals surface area (Å²) in [5.74, 6) is -3.78. The van der Waals surface area contributed by atoms with Crippen molar-refractivity contribution in [3.8, 4) is 17.2 Å². The van der Waals surface area contributed by atoms with Gasteiger partial charge >= 0.3 is 5.97 Å². The van der Waals surface area contributed by atoms with Gasteiger partial charge in [-0.2, -0.15) is 0 Å². The van der Waals surface area contributed by atoms with Gasteiger partial charge in [0.1, 0.15) is 29.9 Å². The van der Waals surface area contributed by atoms with E-state index in [1.54, 1.807) is 12.1 Å². The zero-order valence-electron chi connectivity index (χ0n) is 23.1. The van der Waals surface area contributed by atoms with Gasteiger partial charge in [-0.25, -0.2) is 4.79 Å². The molecule has 0 saturated carbocycles. The van der Waals surface area contributed by atoms with E-state index in [1.807, 2.05) is 0 Å². The van der Waals surface area contributed by atoms with Crippen LogP contribution >= 0.6 is 23.2 Å². The van der Waals surface area contributed by atoms with Crippen molar-refractivity contribution in [3.05, 3.63) is 86.9 Å². The Balaban J connectivity index is 1.62. The molecule has 1 atom stereocenters. The van der Waals surface area contributed by atoms with E-state index < -0.39 is 36.3 Å². The zero-order chi connectivity index (χ0) is 32.2. The molecule has 0 unspecified atom stereocenters. The summed E-state index contributed by atoms with van der Waals surface area (Å²) in [4.78, 5) is 50.1. The summed E-state index contributed by atoms with van der Waals surface area (Å²) in [6.45, 7) is 0.623. The third-order valence-electron chi connectivity index (χ3n) is 5.88. The highest BCUT2D eigenvalue weighted by Crippen LogP contribution is 2.27. The van der Waals surface area contributed by atoms with Crippen molar-refractivity contribution in [2.45, 2.75) is 12.6 Å². The number of rotatable bonds is 15. The number of carboxylic acids is 1. The maximum absolute atomic E-state index is 12.9. The second kappa shape index (κ2) is 16.3. The molecule has 44 heavy (non-hydrogen) atoms. The zero-order valence-corrected chi connectivity index (χ0v) is 24.7. The third kappa shape index (κ3) is 10.0. The number of carbonyl (C=O) groups is 4. The number of phenols is 2. The predicted octanol–water partition coefficient (Wildman–Crippen LogP) is 2.30. The number of carbonyl (C=O) groups excluding carboxylic acids is 3. The largest absolute Gasteiger partial charge is 0.508 e. The van der Waals surface area contributed by atoms with Crippen molar-refractivity contribution in [2.75, 3.05) is 32.9 Å². The van der Waals surface area contributed by atoms with Gasteiger partial charge in [-0.05, 0) is 42.0 Å². The van der Waals surface area contributed by atoms with Gasteiger partial charge in [-0.1, -0.05) is 35.3 Å². The lowest BCUT2D eigenvalue weighted by Crippen LogP contribution is -2.48. The molecule has 0 aliphatic rings. The van der Waals surface area contributed by atoms with E-state index in [-0.39, 0.29) is 63.7 Å². The van der Waals surface area contributed by atoms with Crippen molar-refractivity contribution in [2.24, 2.45) is 5.73 Å². The van der Waals surface area contributed by atoms with E-state index >= 15 is 0 Å². The quantitative estimate of drug-likeness (QED) is 0.120. The minimum absolute atomic E-state index is 0.0256. The number of hydrogen-bond acceptors (Lipinski definition) is 9. The molecular formula is C29H30Cl2N4O9. The Morgan fingerprint density at radius 1 is 0.818 bits per heavy atom. The van der Waals surface area contributed by atoms with Crippen LogP contribution in [0.2, 0.25) is 10.0 Å². The number of nitrogens with one attached hydrogen (secondary N) is 3. The van der Waals surface area contributed by atoms with Crippen molar-refractivity contribution in [3.63, 3.8) is 0 Å². The summed E-state index contributed by atoms with van der Waals surface area (Å²) < 4.78 is 10.7. The number of ether oxygens (including phenoxy) is 2. The summed E-state index contributed by atoms with van der Waals surface area (Å²) in [6, 6.07) is 10.9. The number of halogens is 2. The normalized spacial score (nSPS) is 11.3. The SMILES string of the molecule is NCCOCCOc1cc(O)cc(C(=O)NC[C@H](NC(=O)c2c(Cl)cc(C(=O)NCc3cccc(O)c3)cc2Cl)C(=O)O)c1. The molecule has 0 heterocycles. The Hall–Kier alpha value is -4.56. The standard InChI is InChI=1S/C29H30Cl2N4O9/c30-22-11-18(27(39)33-14-16-2-1-3-19(36)8-16)12-23(31)25(22)28(40)35-24(29(41)42)15-34-26(38)17-9-20(37)13-21(10-17)44-7-6-43-5-4-32/h1-3,8-13,24,36-37H,4-7,14-15,32H2,(H,33,39)(H,34,38)(H,35,40)(H,41,42)/t24-/m0/s1. The summed E-state index contributed by atoms with van der Waals surface area (Å²) in [5, 5.41) is 36.0. The fourth-order valence-electron chi connectivity index (χ4n) is 3.80. The maximum Gasteiger partial charge on any atom is 0.328 e. The molecule has 8 N–H and O–H groups in total. The first kappa shape index (κ1) is 33.9. The minimum atomic E-state index is -1.60. The van der Waals surface area contributed by atoms with E-state index in [1.165, 1.54) is 36.4 Å². The van der Waals surface area contributed by atoms with E-state index in [2.05, 4.69) is 16.0 Å². The van der Waals surface area contributed by atoms with Gasteiger partial charge in [0.15, 0.2) is 0 Å². The first-order chi connectivity index (χ1) is 21.0. The van der Waals surface area contributed by atoms with Gasteiger partial charge in [0.2, 0.25) is 0 Å². The second-order valence-electron chi connectivity index (χ2n) is 9.21. The average molecular weight is 649 g/mol. The van der Waals surface area contributed by atoms with Gasteiger partial charge in [-0.3, -0.25) is 14.4 Å². The van der Waals surface area contributed by atoms with E-state index in [9.17, 15) is 34.5 Å². The van der Waals surface area contributed by atoms with Gasteiger partial charge in [0, 0.05) is 36.8 Å². The lowest BCUT2D eigenvalue weighted by Gasteiger charge is -2.17. The molecule has 0 radical (unpaired) electrons. The second-order valence-corrected chi connectivity index (χ2v) is 10.0. The first-order valence-electron chi connectivity index (χ1n) is 13.1.